The number of anilines is 1. The zero-order valence-electron chi connectivity index (χ0n) is 9.02. The van der Waals surface area contributed by atoms with Gasteiger partial charge in [0.15, 0.2) is 0 Å². The fourth-order valence-electron chi connectivity index (χ4n) is 1.28. The second kappa shape index (κ2) is 5.42. The normalized spacial score (nSPS) is 14.4. The van der Waals surface area contributed by atoms with E-state index in [1.54, 1.807) is 12.3 Å². The molecule has 1 N–H and O–H groups in total. The van der Waals surface area contributed by atoms with E-state index in [0.29, 0.717) is 24.8 Å². The van der Waals surface area contributed by atoms with Crippen molar-refractivity contribution in [3.8, 4) is 6.07 Å². The minimum atomic E-state index is 0.372. The maximum atomic E-state index is 8.65. The molecule has 0 atom stereocenters. The number of rotatable bonds is 6. The molecule has 1 aliphatic carbocycles. The molecule has 84 valence electrons. The summed E-state index contributed by atoms with van der Waals surface area (Å²) in [7, 11) is 0. The van der Waals surface area contributed by atoms with Crippen molar-refractivity contribution in [3.63, 3.8) is 0 Å². The molecule has 1 heterocycles. The number of ether oxygens (including phenoxy) is 1. The molecule has 1 saturated carbocycles. The second-order valence-corrected chi connectivity index (χ2v) is 3.82. The van der Waals surface area contributed by atoms with Crippen molar-refractivity contribution >= 4 is 5.95 Å². The summed E-state index contributed by atoms with van der Waals surface area (Å²) in [5, 5.41) is 11.7. The van der Waals surface area contributed by atoms with Crippen molar-refractivity contribution in [2.45, 2.75) is 12.8 Å². The van der Waals surface area contributed by atoms with Crippen LogP contribution in [0.25, 0.3) is 0 Å². The minimum Gasteiger partial charge on any atom is -0.379 e. The fraction of sp³-hybridized carbons (Fsp3) is 0.545. The summed E-state index contributed by atoms with van der Waals surface area (Å²) in [5.41, 5.74) is 0.372. The Morgan fingerprint density at radius 2 is 2.44 bits per heavy atom. The summed E-state index contributed by atoms with van der Waals surface area (Å²) in [6.07, 6.45) is 4.18. The van der Waals surface area contributed by atoms with Gasteiger partial charge in [0.25, 0.3) is 0 Å². The van der Waals surface area contributed by atoms with Crippen LogP contribution in [0.4, 0.5) is 5.95 Å². The Morgan fingerprint density at radius 3 is 3.19 bits per heavy atom. The zero-order chi connectivity index (χ0) is 11.2. The summed E-state index contributed by atoms with van der Waals surface area (Å²) >= 11 is 0. The van der Waals surface area contributed by atoms with Crippen LogP contribution in [0.3, 0.4) is 0 Å². The van der Waals surface area contributed by atoms with E-state index in [2.05, 4.69) is 15.3 Å². The van der Waals surface area contributed by atoms with Gasteiger partial charge in [0.2, 0.25) is 5.95 Å². The number of nitrogens with one attached hydrogen (secondary N) is 1. The largest absolute Gasteiger partial charge is 0.379 e. The maximum Gasteiger partial charge on any atom is 0.223 e. The van der Waals surface area contributed by atoms with Gasteiger partial charge in [0, 0.05) is 19.3 Å². The van der Waals surface area contributed by atoms with Crippen molar-refractivity contribution in [1.29, 1.82) is 5.26 Å². The highest BCUT2D eigenvalue weighted by Gasteiger charge is 2.20. The van der Waals surface area contributed by atoms with Gasteiger partial charge in [-0.1, -0.05) is 0 Å². The first-order valence-corrected chi connectivity index (χ1v) is 5.43. The van der Waals surface area contributed by atoms with Crippen molar-refractivity contribution in [3.05, 3.63) is 18.0 Å². The number of aromatic nitrogens is 2. The molecule has 0 bridgehead atoms. The highest BCUT2D eigenvalue weighted by atomic mass is 16.5. The zero-order valence-corrected chi connectivity index (χ0v) is 9.02. The average molecular weight is 218 g/mol. The Kier molecular flexibility index (Phi) is 3.67. The van der Waals surface area contributed by atoms with Gasteiger partial charge in [-0.2, -0.15) is 5.26 Å². The molecule has 0 amide bonds. The van der Waals surface area contributed by atoms with Crippen LogP contribution in [0.1, 0.15) is 18.5 Å². The van der Waals surface area contributed by atoms with E-state index in [1.165, 1.54) is 12.8 Å². The first-order valence-electron chi connectivity index (χ1n) is 5.43. The third-order valence-electron chi connectivity index (χ3n) is 2.35. The summed E-state index contributed by atoms with van der Waals surface area (Å²) < 4.78 is 5.45. The lowest BCUT2D eigenvalue weighted by molar-refractivity contribution is 0.133. The first-order chi connectivity index (χ1) is 7.88. The molecule has 0 saturated heterocycles. The predicted octanol–water partition coefficient (Wildman–Crippen LogP) is 1.19. The summed E-state index contributed by atoms with van der Waals surface area (Å²) in [5.74, 6) is 1.27. The van der Waals surface area contributed by atoms with E-state index in [4.69, 9.17) is 10.00 Å². The lowest BCUT2D eigenvalue weighted by Gasteiger charge is -2.05. The molecule has 1 aromatic heterocycles. The van der Waals surface area contributed by atoms with Gasteiger partial charge in [-0.05, 0) is 24.8 Å². The summed E-state index contributed by atoms with van der Waals surface area (Å²) in [6.45, 7) is 2.18. The van der Waals surface area contributed by atoms with E-state index in [0.717, 1.165) is 12.5 Å². The molecular weight excluding hydrogens is 204 g/mol. The lowest BCUT2D eigenvalue weighted by Crippen LogP contribution is -2.12. The molecule has 2 rings (SSSR count). The third-order valence-corrected chi connectivity index (χ3v) is 2.35. The van der Waals surface area contributed by atoms with Gasteiger partial charge in [-0.3, -0.25) is 0 Å². The van der Waals surface area contributed by atoms with Crippen molar-refractivity contribution in [2.24, 2.45) is 5.92 Å². The monoisotopic (exact) mass is 218 g/mol. The van der Waals surface area contributed by atoms with E-state index >= 15 is 0 Å². The van der Waals surface area contributed by atoms with Crippen LogP contribution in [0, 0.1) is 17.2 Å². The number of hydrogen-bond acceptors (Lipinski definition) is 5. The average Bonchev–Trinajstić information content (AvgIpc) is 3.13. The molecule has 0 aliphatic heterocycles. The number of nitrogens with zero attached hydrogens (tertiary/aromatic N) is 3. The topological polar surface area (TPSA) is 70.8 Å². The molecular formula is C11H14N4O. The number of hydrogen-bond donors (Lipinski definition) is 1. The Hall–Kier alpha value is -1.67. The smallest absolute Gasteiger partial charge is 0.223 e. The molecule has 0 unspecified atom stereocenters. The highest BCUT2D eigenvalue weighted by molar-refractivity contribution is 5.29. The van der Waals surface area contributed by atoms with Crippen molar-refractivity contribution in [2.75, 3.05) is 25.1 Å². The van der Waals surface area contributed by atoms with E-state index in [9.17, 15) is 0 Å². The Morgan fingerprint density at radius 1 is 1.56 bits per heavy atom. The molecule has 1 aliphatic rings. The SMILES string of the molecule is N#Cc1ccnc(NCCOCC2CC2)n1. The molecule has 5 nitrogen and oxygen atoms in total. The van der Waals surface area contributed by atoms with Gasteiger partial charge in [0.1, 0.15) is 11.8 Å². The van der Waals surface area contributed by atoms with Gasteiger partial charge in [-0.15, -0.1) is 0 Å². The van der Waals surface area contributed by atoms with Gasteiger partial charge in [-0.25, -0.2) is 9.97 Å². The highest BCUT2D eigenvalue weighted by Crippen LogP contribution is 2.28. The van der Waals surface area contributed by atoms with E-state index in [-0.39, 0.29) is 0 Å². The fourth-order valence-corrected chi connectivity index (χ4v) is 1.28. The predicted molar refractivity (Wildman–Crippen MR) is 58.8 cm³/mol. The standard InChI is InChI=1S/C11H14N4O/c12-7-10-3-4-13-11(15-10)14-5-6-16-8-9-1-2-9/h3-4,9H,1-2,5-6,8H2,(H,13,14,15). The summed E-state index contributed by atoms with van der Waals surface area (Å²) in [6, 6.07) is 3.55. The third kappa shape index (κ3) is 3.48. The van der Waals surface area contributed by atoms with E-state index in [1.807, 2.05) is 6.07 Å². The quantitative estimate of drug-likeness (QED) is 0.726. The molecule has 1 fully saturated rings. The molecule has 5 heteroatoms. The molecule has 1 aromatic rings. The minimum absolute atomic E-state index is 0.372. The van der Waals surface area contributed by atoms with Crippen LogP contribution in [0.2, 0.25) is 0 Å². The van der Waals surface area contributed by atoms with Crippen LogP contribution >= 0.6 is 0 Å². The van der Waals surface area contributed by atoms with Gasteiger partial charge < -0.3 is 10.1 Å². The Labute approximate surface area is 94.5 Å². The van der Waals surface area contributed by atoms with E-state index < -0.39 is 0 Å². The van der Waals surface area contributed by atoms with Gasteiger partial charge >= 0.3 is 0 Å². The maximum absolute atomic E-state index is 8.65. The second-order valence-electron chi connectivity index (χ2n) is 3.82. The first kappa shape index (κ1) is 10.8. The van der Waals surface area contributed by atoms with Gasteiger partial charge in [0.05, 0.1) is 6.61 Å². The molecule has 16 heavy (non-hydrogen) atoms. The molecule has 0 radical (unpaired) electrons. The molecule has 0 spiro atoms. The van der Waals surface area contributed by atoms with Crippen LogP contribution in [-0.4, -0.2) is 29.7 Å². The Bertz CT molecular complexity index is 384. The summed E-state index contributed by atoms with van der Waals surface area (Å²) in [4.78, 5) is 8.00. The molecule has 0 aromatic carbocycles. The lowest BCUT2D eigenvalue weighted by atomic mass is 10.4. The van der Waals surface area contributed by atoms with Crippen LogP contribution in [0.15, 0.2) is 12.3 Å². The van der Waals surface area contributed by atoms with Crippen LogP contribution in [-0.2, 0) is 4.74 Å². The van der Waals surface area contributed by atoms with Crippen LogP contribution in [0.5, 0.6) is 0 Å². The van der Waals surface area contributed by atoms with Crippen molar-refractivity contribution in [1.82, 2.24) is 9.97 Å². The van der Waals surface area contributed by atoms with Crippen LogP contribution < -0.4 is 5.32 Å². The van der Waals surface area contributed by atoms with Crippen molar-refractivity contribution < 1.29 is 4.74 Å². The number of nitriles is 1. The Balaban J connectivity index is 1.65.